The molecule has 22 heavy (non-hydrogen) atoms. The molecule has 116 valence electrons. The van der Waals surface area contributed by atoms with Gasteiger partial charge in [0.2, 0.25) is 0 Å². The second-order valence-corrected chi connectivity index (χ2v) is 6.34. The van der Waals surface area contributed by atoms with E-state index in [0.717, 1.165) is 18.4 Å². The fourth-order valence-corrected chi connectivity index (χ4v) is 4.01. The maximum absolute atomic E-state index is 12.2. The van der Waals surface area contributed by atoms with E-state index in [1.165, 1.54) is 6.42 Å². The molecule has 0 unspecified atom stereocenters. The van der Waals surface area contributed by atoms with Crippen LogP contribution in [0.2, 0.25) is 0 Å². The molecule has 2 aliphatic carbocycles. The van der Waals surface area contributed by atoms with Gasteiger partial charge in [-0.3, -0.25) is 0 Å². The number of nitrogens with zero attached hydrogens (tertiary/aromatic N) is 1. The van der Waals surface area contributed by atoms with Crippen LogP contribution in [-0.2, 0) is 6.42 Å². The highest BCUT2D eigenvalue weighted by Gasteiger charge is 2.47. The molecule has 1 aromatic carbocycles. The third kappa shape index (κ3) is 2.93. The third-order valence-electron chi connectivity index (χ3n) is 5.09. The lowest BCUT2D eigenvalue weighted by molar-refractivity contribution is 0.146. The summed E-state index contributed by atoms with van der Waals surface area (Å²) in [5.41, 5.74) is 1.64. The monoisotopic (exact) mass is 299 g/mol. The minimum Gasteiger partial charge on any atom is -0.396 e. The van der Waals surface area contributed by atoms with Crippen LogP contribution in [0.4, 0.5) is 10.5 Å². The van der Waals surface area contributed by atoms with Gasteiger partial charge in [0.25, 0.3) is 0 Å². The summed E-state index contributed by atoms with van der Waals surface area (Å²) in [6, 6.07) is 9.25. The van der Waals surface area contributed by atoms with Gasteiger partial charge in [0.1, 0.15) is 0 Å². The predicted molar refractivity (Wildman–Crippen MR) is 83.1 cm³/mol. The summed E-state index contributed by atoms with van der Waals surface area (Å²) in [4.78, 5) is 12.2. The molecule has 5 heteroatoms. The van der Waals surface area contributed by atoms with Crippen molar-refractivity contribution >= 4 is 11.7 Å². The number of nitriles is 1. The Hall–Kier alpha value is -2.06. The van der Waals surface area contributed by atoms with Crippen LogP contribution in [0.15, 0.2) is 24.3 Å². The van der Waals surface area contributed by atoms with E-state index in [9.17, 15) is 9.90 Å². The Balaban J connectivity index is 1.57. The Morgan fingerprint density at radius 1 is 1.27 bits per heavy atom. The van der Waals surface area contributed by atoms with Gasteiger partial charge in [0.15, 0.2) is 0 Å². The zero-order chi connectivity index (χ0) is 15.5. The van der Waals surface area contributed by atoms with Crippen LogP contribution in [0, 0.1) is 29.1 Å². The minimum absolute atomic E-state index is 0.0848. The lowest BCUT2D eigenvalue weighted by Crippen LogP contribution is -2.46. The third-order valence-corrected chi connectivity index (χ3v) is 5.09. The highest BCUT2D eigenvalue weighted by atomic mass is 16.3. The highest BCUT2D eigenvalue weighted by Crippen LogP contribution is 2.48. The van der Waals surface area contributed by atoms with Gasteiger partial charge in [0, 0.05) is 24.3 Å². The molecular weight excluding hydrogens is 278 g/mol. The van der Waals surface area contributed by atoms with E-state index in [2.05, 4.69) is 16.7 Å². The van der Waals surface area contributed by atoms with E-state index < -0.39 is 0 Å². The molecule has 0 aromatic heterocycles. The van der Waals surface area contributed by atoms with Crippen LogP contribution in [0.25, 0.3) is 0 Å². The molecule has 0 aliphatic heterocycles. The second kappa shape index (κ2) is 6.37. The SMILES string of the molecule is N#CCc1ccc(NC(=O)N[C@@H]2[C@H]3CC[C@@H](C3)[C@H]2CO)cc1. The number of aliphatic hydroxyl groups excluding tert-OH is 1. The molecule has 1 aromatic rings. The van der Waals surface area contributed by atoms with Crippen LogP contribution >= 0.6 is 0 Å². The predicted octanol–water partition coefficient (Wildman–Crippen LogP) is 2.28. The standard InChI is InChI=1S/C17H21N3O2/c18-8-7-11-1-5-14(6-2-11)19-17(22)20-16-13-4-3-12(9-13)15(16)10-21/h1-2,5-6,12-13,15-16,21H,3-4,7,9-10H2,(H2,19,20,22)/t12-,13-,15+,16+/m0/s1. The van der Waals surface area contributed by atoms with Gasteiger partial charge in [-0.25, -0.2) is 4.79 Å². The van der Waals surface area contributed by atoms with Crippen molar-refractivity contribution in [3.8, 4) is 6.07 Å². The minimum atomic E-state index is -0.218. The number of fused-ring (bicyclic) bond motifs is 2. The number of rotatable bonds is 4. The molecule has 2 amide bonds. The lowest BCUT2D eigenvalue weighted by atomic mass is 9.85. The Morgan fingerprint density at radius 3 is 2.68 bits per heavy atom. The zero-order valence-corrected chi connectivity index (χ0v) is 12.5. The number of anilines is 1. The van der Waals surface area contributed by atoms with E-state index in [1.54, 1.807) is 12.1 Å². The smallest absolute Gasteiger partial charge is 0.319 e. The molecule has 0 spiro atoms. The van der Waals surface area contributed by atoms with Crippen molar-refractivity contribution in [3.05, 3.63) is 29.8 Å². The van der Waals surface area contributed by atoms with Crippen LogP contribution in [-0.4, -0.2) is 23.8 Å². The average molecular weight is 299 g/mol. The Morgan fingerprint density at radius 2 is 2.00 bits per heavy atom. The van der Waals surface area contributed by atoms with Crippen molar-refractivity contribution in [2.24, 2.45) is 17.8 Å². The van der Waals surface area contributed by atoms with Gasteiger partial charge >= 0.3 is 6.03 Å². The first kappa shape index (κ1) is 14.9. The van der Waals surface area contributed by atoms with E-state index >= 15 is 0 Å². The number of hydrogen-bond acceptors (Lipinski definition) is 3. The van der Waals surface area contributed by atoms with Crippen molar-refractivity contribution in [1.82, 2.24) is 5.32 Å². The molecular formula is C17H21N3O2. The molecule has 3 rings (SSSR count). The van der Waals surface area contributed by atoms with E-state index in [1.807, 2.05) is 12.1 Å². The van der Waals surface area contributed by atoms with Gasteiger partial charge in [0.05, 0.1) is 12.5 Å². The molecule has 2 fully saturated rings. The fourth-order valence-electron chi connectivity index (χ4n) is 4.01. The van der Waals surface area contributed by atoms with Gasteiger partial charge in [-0.2, -0.15) is 5.26 Å². The average Bonchev–Trinajstić information content (AvgIpc) is 3.10. The summed E-state index contributed by atoms with van der Waals surface area (Å²) >= 11 is 0. The van der Waals surface area contributed by atoms with Crippen molar-refractivity contribution in [2.45, 2.75) is 31.7 Å². The van der Waals surface area contributed by atoms with E-state index in [4.69, 9.17) is 5.26 Å². The number of amides is 2. The van der Waals surface area contributed by atoms with Crippen LogP contribution in [0.3, 0.4) is 0 Å². The summed E-state index contributed by atoms with van der Waals surface area (Å²) in [5.74, 6) is 1.26. The Labute approximate surface area is 130 Å². The largest absolute Gasteiger partial charge is 0.396 e. The summed E-state index contributed by atoms with van der Waals surface area (Å²) in [6.07, 6.45) is 3.82. The molecule has 0 radical (unpaired) electrons. The quantitative estimate of drug-likeness (QED) is 0.797. The number of carbonyl (C=O) groups excluding carboxylic acids is 1. The zero-order valence-electron chi connectivity index (χ0n) is 12.5. The molecule has 3 N–H and O–H groups in total. The first-order valence-electron chi connectivity index (χ1n) is 7.85. The summed E-state index contributed by atoms with van der Waals surface area (Å²) < 4.78 is 0. The van der Waals surface area contributed by atoms with Crippen molar-refractivity contribution in [2.75, 3.05) is 11.9 Å². The summed E-state index contributed by atoms with van der Waals surface area (Å²) in [6.45, 7) is 0.148. The molecule has 2 saturated carbocycles. The van der Waals surface area contributed by atoms with E-state index in [-0.39, 0.29) is 24.6 Å². The Bertz CT molecular complexity index is 579. The second-order valence-electron chi connectivity index (χ2n) is 6.34. The maximum Gasteiger partial charge on any atom is 0.319 e. The van der Waals surface area contributed by atoms with Gasteiger partial charge in [-0.05, 0) is 48.8 Å². The molecule has 0 saturated heterocycles. The van der Waals surface area contributed by atoms with Crippen molar-refractivity contribution < 1.29 is 9.90 Å². The molecule has 2 bridgehead atoms. The van der Waals surface area contributed by atoms with Crippen LogP contribution < -0.4 is 10.6 Å². The van der Waals surface area contributed by atoms with E-state index in [0.29, 0.717) is 23.9 Å². The fraction of sp³-hybridized carbons (Fsp3) is 0.529. The molecule has 5 nitrogen and oxygen atoms in total. The number of urea groups is 1. The number of nitrogens with one attached hydrogen (secondary N) is 2. The van der Waals surface area contributed by atoms with Gasteiger partial charge in [-0.1, -0.05) is 12.1 Å². The molecule has 0 heterocycles. The lowest BCUT2D eigenvalue weighted by Gasteiger charge is -2.30. The number of benzene rings is 1. The topological polar surface area (TPSA) is 85.2 Å². The number of aliphatic hydroxyl groups is 1. The first-order chi connectivity index (χ1) is 10.7. The van der Waals surface area contributed by atoms with Crippen LogP contribution in [0.1, 0.15) is 24.8 Å². The molecule has 4 atom stereocenters. The van der Waals surface area contributed by atoms with Gasteiger partial charge in [-0.15, -0.1) is 0 Å². The van der Waals surface area contributed by atoms with Crippen molar-refractivity contribution in [3.63, 3.8) is 0 Å². The first-order valence-corrected chi connectivity index (χ1v) is 7.85. The number of carbonyl (C=O) groups is 1. The maximum atomic E-state index is 12.2. The highest BCUT2D eigenvalue weighted by molar-refractivity contribution is 5.89. The Kier molecular flexibility index (Phi) is 4.30. The summed E-state index contributed by atoms with van der Waals surface area (Å²) in [7, 11) is 0. The van der Waals surface area contributed by atoms with Crippen molar-refractivity contribution in [1.29, 1.82) is 5.26 Å². The number of hydrogen-bond donors (Lipinski definition) is 3. The van der Waals surface area contributed by atoms with Gasteiger partial charge < -0.3 is 15.7 Å². The summed E-state index contributed by atoms with van der Waals surface area (Å²) in [5, 5.41) is 24.1. The normalized spacial score (nSPS) is 29.1. The molecule has 2 aliphatic rings. The van der Waals surface area contributed by atoms with Crippen LogP contribution in [0.5, 0.6) is 0 Å².